The Morgan fingerprint density at radius 3 is 2.43 bits per heavy atom. The molecule has 0 aromatic rings. The number of alkyl halides is 3. The van der Waals surface area contributed by atoms with Crippen molar-refractivity contribution in [3.8, 4) is 0 Å². The molecule has 86 valence electrons. The smallest absolute Gasteiger partial charge is 0.316 e. The molecular formula is C8H16F3NS2. The first-order valence-electron chi connectivity index (χ1n) is 4.55. The van der Waals surface area contributed by atoms with Gasteiger partial charge >= 0.3 is 5.51 Å². The highest BCUT2D eigenvalue weighted by molar-refractivity contribution is 8.00. The lowest BCUT2D eigenvalue weighted by Crippen LogP contribution is -2.20. The minimum absolute atomic E-state index is 0.0342. The van der Waals surface area contributed by atoms with Crippen LogP contribution in [0.2, 0.25) is 0 Å². The summed E-state index contributed by atoms with van der Waals surface area (Å²) in [5, 5.41) is 2.98. The second kappa shape index (κ2) is 8.73. The lowest BCUT2D eigenvalue weighted by molar-refractivity contribution is -0.0327. The highest BCUT2D eigenvalue weighted by atomic mass is 32.2. The van der Waals surface area contributed by atoms with Crippen LogP contribution in [0.1, 0.15) is 13.3 Å². The standard InChI is InChI=1S/C8H16F3NS2/c1-2-13-6-3-4-12-5-7-14-8(9,10)11/h12H,2-7H2,1H3. The van der Waals surface area contributed by atoms with Crippen LogP contribution in [-0.2, 0) is 0 Å². The number of thioether (sulfide) groups is 2. The maximum Gasteiger partial charge on any atom is 0.441 e. The van der Waals surface area contributed by atoms with Crippen molar-refractivity contribution in [3.05, 3.63) is 0 Å². The van der Waals surface area contributed by atoms with Gasteiger partial charge in [-0.15, -0.1) is 0 Å². The molecule has 0 aliphatic rings. The third-order valence-electron chi connectivity index (χ3n) is 1.39. The molecule has 0 rings (SSSR count). The molecule has 0 atom stereocenters. The third-order valence-corrected chi connectivity index (χ3v) is 3.11. The summed E-state index contributed by atoms with van der Waals surface area (Å²) >= 11 is 1.89. The van der Waals surface area contributed by atoms with Crippen LogP contribution in [0.5, 0.6) is 0 Å². The molecule has 1 nitrogen and oxygen atoms in total. The van der Waals surface area contributed by atoms with Crippen LogP contribution >= 0.6 is 23.5 Å². The topological polar surface area (TPSA) is 12.0 Å². The summed E-state index contributed by atoms with van der Waals surface area (Å²) in [7, 11) is 0. The fraction of sp³-hybridized carbons (Fsp3) is 1.00. The van der Waals surface area contributed by atoms with Gasteiger partial charge in [0.2, 0.25) is 0 Å². The maximum atomic E-state index is 11.7. The summed E-state index contributed by atoms with van der Waals surface area (Å²) < 4.78 is 35.0. The SMILES string of the molecule is CCSCCCNCCSC(F)(F)F. The first-order chi connectivity index (χ1) is 6.56. The number of hydrogen-bond donors (Lipinski definition) is 1. The zero-order chi connectivity index (χ0) is 10.9. The Balaban J connectivity index is 2.99. The second-order valence-corrected chi connectivity index (χ2v) is 5.15. The Kier molecular flexibility index (Phi) is 9.01. The van der Waals surface area contributed by atoms with E-state index in [1.54, 1.807) is 0 Å². The Morgan fingerprint density at radius 1 is 1.14 bits per heavy atom. The van der Waals surface area contributed by atoms with E-state index in [-0.39, 0.29) is 17.5 Å². The normalized spacial score (nSPS) is 12.0. The Morgan fingerprint density at radius 2 is 1.86 bits per heavy atom. The van der Waals surface area contributed by atoms with Gasteiger partial charge in [-0.1, -0.05) is 6.92 Å². The van der Waals surface area contributed by atoms with Crippen molar-refractivity contribution in [1.82, 2.24) is 5.32 Å². The zero-order valence-corrected chi connectivity index (χ0v) is 9.83. The average molecular weight is 247 g/mol. The molecule has 14 heavy (non-hydrogen) atoms. The average Bonchev–Trinajstić information content (AvgIpc) is 2.08. The largest absolute Gasteiger partial charge is 0.441 e. The number of rotatable bonds is 8. The summed E-state index contributed by atoms with van der Waals surface area (Å²) in [5.74, 6) is 2.28. The third kappa shape index (κ3) is 12.4. The van der Waals surface area contributed by atoms with Crippen molar-refractivity contribution in [1.29, 1.82) is 0 Å². The molecule has 0 heterocycles. The van der Waals surface area contributed by atoms with Gasteiger partial charge in [-0.3, -0.25) is 0 Å². The zero-order valence-electron chi connectivity index (χ0n) is 8.19. The van der Waals surface area contributed by atoms with Crippen LogP contribution in [0.15, 0.2) is 0 Å². The van der Waals surface area contributed by atoms with Crippen LogP contribution in [-0.4, -0.2) is 35.9 Å². The highest BCUT2D eigenvalue weighted by Crippen LogP contribution is 2.29. The molecular weight excluding hydrogens is 231 g/mol. The quantitative estimate of drug-likeness (QED) is 0.662. The van der Waals surface area contributed by atoms with Crippen molar-refractivity contribution >= 4 is 23.5 Å². The van der Waals surface area contributed by atoms with Crippen LogP contribution in [0.4, 0.5) is 13.2 Å². The summed E-state index contributed by atoms with van der Waals surface area (Å²) in [5.41, 5.74) is -4.08. The van der Waals surface area contributed by atoms with Gasteiger partial charge in [0.15, 0.2) is 0 Å². The molecule has 0 bridgehead atoms. The van der Waals surface area contributed by atoms with E-state index in [4.69, 9.17) is 0 Å². The van der Waals surface area contributed by atoms with E-state index < -0.39 is 5.51 Å². The fourth-order valence-corrected chi connectivity index (χ4v) is 1.92. The van der Waals surface area contributed by atoms with Crippen LogP contribution in [0.25, 0.3) is 0 Å². The molecule has 0 unspecified atom stereocenters. The summed E-state index contributed by atoms with van der Waals surface area (Å²) in [6.45, 7) is 3.34. The predicted octanol–water partition coefficient (Wildman–Crippen LogP) is 2.97. The molecule has 1 N–H and O–H groups in total. The highest BCUT2D eigenvalue weighted by Gasteiger charge is 2.27. The molecule has 0 amide bonds. The minimum Gasteiger partial charge on any atom is -0.316 e. The van der Waals surface area contributed by atoms with Gasteiger partial charge in [0.05, 0.1) is 0 Å². The van der Waals surface area contributed by atoms with Gasteiger partial charge in [-0.05, 0) is 36.2 Å². The van der Waals surface area contributed by atoms with Gasteiger partial charge < -0.3 is 5.32 Å². The van der Waals surface area contributed by atoms with Crippen molar-refractivity contribution in [2.45, 2.75) is 18.9 Å². The molecule has 0 radical (unpaired) electrons. The summed E-state index contributed by atoms with van der Waals surface area (Å²) in [6.07, 6.45) is 1.02. The maximum absolute atomic E-state index is 11.7. The summed E-state index contributed by atoms with van der Waals surface area (Å²) in [4.78, 5) is 0. The molecule has 0 saturated heterocycles. The van der Waals surface area contributed by atoms with Crippen LogP contribution in [0.3, 0.4) is 0 Å². The molecule has 0 aromatic heterocycles. The molecule has 0 saturated carbocycles. The minimum atomic E-state index is -4.08. The number of halogens is 3. The number of hydrogen-bond acceptors (Lipinski definition) is 3. The Labute approximate surface area is 91.6 Å². The van der Waals surface area contributed by atoms with Crippen molar-refractivity contribution in [2.24, 2.45) is 0 Å². The predicted molar refractivity (Wildman–Crippen MR) is 59.0 cm³/mol. The van der Waals surface area contributed by atoms with E-state index >= 15 is 0 Å². The fourth-order valence-electron chi connectivity index (χ4n) is 0.807. The van der Waals surface area contributed by atoms with Gasteiger partial charge in [0.25, 0.3) is 0 Å². The van der Waals surface area contributed by atoms with E-state index in [0.29, 0.717) is 6.54 Å². The summed E-state index contributed by atoms with van der Waals surface area (Å²) in [6, 6.07) is 0. The van der Waals surface area contributed by atoms with E-state index in [1.165, 1.54) is 0 Å². The lowest BCUT2D eigenvalue weighted by Gasteiger charge is -2.06. The van der Waals surface area contributed by atoms with Gasteiger partial charge in [-0.2, -0.15) is 24.9 Å². The Bertz CT molecular complexity index is 130. The van der Waals surface area contributed by atoms with E-state index in [2.05, 4.69) is 12.2 Å². The van der Waals surface area contributed by atoms with Crippen LogP contribution in [0, 0.1) is 0 Å². The van der Waals surface area contributed by atoms with E-state index in [1.807, 2.05) is 11.8 Å². The van der Waals surface area contributed by atoms with E-state index in [0.717, 1.165) is 24.5 Å². The van der Waals surface area contributed by atoms with Gasteiger partial charge in [-0.25, -0.2) is 0 Å². The first kappa shape index (κ1) is 14.5. The number of nitrogens with one attached hydrogen (secondary N) is 1. The van der Waals surface area contributed by atoms with Crippen LogP contribution < -0.4 is 5.32 Å². The molecule has 0 aliphatic carbocycles. The van der Waals surface area contributed by atoms with Crippen molar-refractivity contribution in [3.63, 3.8) is 0 Å². The monoisotopic (exact) mass is 247 g/mol. The molecule has 6 heteroatoms. The first-order valence-corrected chi connectivity index (χ1v) is 6.69. The molecule has 0 fully saturated rings. The molecule has 0 aromatic carbocycles. The molecule has 0 aliphatic heterocycles. The van der Waals surface area contributed by atoms with Crippen molar-refractivity contribution in [2.75, 3.05) is 30.3 Å². The van der Waals surface area contributed by atoms with Gasteiger partial charge in [0, 0.05) is 12.3 Å². The second-order valence-electron chi connectivity index (χ2n) is 2.59. The Hall–Kier alpha value is 0.450. The molecule has 0 spiro atoms. The lowest BCUT2D eigenvalue weighted by atomic mass is 10.5. The van der Waals surface area contributed by atoms with Crippen molar-refractivity contribution < 1.29 is 13.2 Å². The van der Waals surface area contributed by atoms with Gasteiger partial charge in [0.1, 0.15) is 0 Å². The van der Waals surface area contributed by atoms with E-state index in [9.17, 15) is 13.2 Å².